The van der Waals surface area contributed by atoms with Crippen molar-refractivity contribution in [2.45, 2.75) is 33.0 Å². The van der Waals surface area contributed by atoms with Gasteiger partial charge in [0, 0.05) is 38.8 Å². The van der Waals surface area contributed by atoms with Gasteiger partial charge in [-0.15, -0.1) is 10.2 Å². The molecule has 1 aromatic carbocycles. The Morgan fingerprint density at radius 3 is 2.83 bits per heavy atom. The molecule has 4 rings (SSSR count). The average molecular weight is 406 g/mol. The summed E-state index contributed by atoms with van der Waals surface area (Å²) in [5, 5.41) is 11.5. The minimum absolute atomic E-state index is 0.210. The number of benzene rings is 1. The van der Waals surface area contributed by atoms with Crippen LogP contribution in [-0.2, 0) is 26.1 Å². The highest BCUT2D eigenvalue weighted by Crippen LogP contribution is 2.20. The van der Waals surface area contributed by atoms with Crippen LogP contribution in [0.5, 0.6) is 5.75 Å². The Labute approximate surface area is 175 Å². The first-order chi connectivity index (χ1) is 14.6. The number of fused-ring (bicyclic) bond motifs is 1. The van der Waals surface area contributed by atoms with Crippen molar-refractivity contribution in [3.05, 3.63) is 71.1 Å². The highest BCUT2D eigenvalue weighted by atomic mass is 16.5. The van der Waals surface area contributed by atoms with Crippen molar-refractivity contribution in [1.82, 2.24) is 30.0 Å². The molecule has 0 bridgehead atoms. The SMILES string of the molecule is COc1ccc(CN2CCc3nnc(CNC(=O)c4ccccn4)n3CC2)cc1C. The van der Waals surface area contributed by atoms with Crippen molar-refractivity contribution < 1.29 is 9.53 Å². The van der Waals surface area contributed by atoms with Gasteiger partial charge in [-0.2, -0.15) is 0 Å². The molecule has 0 atom stereocenters. The number of aromatic nitrogens is 4. The van der Waals surface area contributed by atoms with E-state index in [1.165, 1.54) is 5.56 Å². The third kappa shape index (κ3) is 4.49. The molecule has 0 spiro atoms. The van der Waals surface area contributed by atoms with E-state index in [1.54, 1.807) is 31.5 Å². The molecule has 0 radical (unpaired) electrons. The fourth-order valence-corrected chi connectivity index (χ4v) is 3.76. The summed E-state index contributed by atoms with van der Waals surface area (Å²) >= 11 is 0. The Bertz CT molecular complexity index is 1020. The van der Waals surface area contributed by atoms with Gasteiger partial charge in [-0.05, 0) is 36.2 Å². The molecule has 0 saturated carbocycles. The average Bonchev–Trinajstić information content (AvgIpc) is 3.05. The highest BCUT2D eigenvalue weighted by molar-refractivity contribution is 5.92. The second kappa shape index (κ2) is 9.04. The van der Waals surface area contributed by atoms with Crippen molar-refractivity contribution in [3.63, 3.8) is 0 Å². The highest BCUT2D eigenvalue weighted by Gasteiger charge is 2.19. The van der Waals surface area contributed by atoms with Crippen LogP contribution in [0.4, 0.5) is 0 Å². The van der Waals surface area contributed by atoms with Crippen LogP contribution in [0.2, 0.25) is 0 Å². The number of methoxy groups -OCH3 is 1. The van der Waals surface area contributed by atoms with Gasteiger partial charge in [-0.3, -0.25) is 14.7 Å². The van der Waals surface area contributed by atoms with Crippen LogP contribution in [0, 0.1) is 6.92 Å². The lowest BCUT2D eigenvalue weighted by molar-refractivity contribution is 0.0944. The molecule has 156 valence electrons. The molecule has 3 aromatic rings. The summed E-state index contributed by atoms with van der Waals surface area (Å²) in [6.07, 6.45) is 2.44. The Morgan fingerprint density at radius 1 is 1.17 bits per heavy atom. The number of nitrogens with one attached hydrogen (secondary N) is 1. The number of nitrogens with zero attached hydrogens (tertiary/aromatic N) is 5. The van der Waals surface area contributed by atoms with E-state index in [-0.39, 0.29) is 5.91 Å². The van der Waals surface area contributed by atoms with Crippen molar-refractivity contribution in [3.8, 4) is 5.75 Å². The molecule has 2 aromatic heterocycles. The number of pyridine rings is 1. The number of hydrogen-bond acceptors (Lipinski definition) is 6. The van der Waals surface area contributed by atoms with Crippen LogP contribution >= 0.6 is 0 Å². The van der Waals surface area contributed by atoms with Gasteiger partial charge >= 0.3 is 0 Å². The standard InChI is InChI=1S/C22H26N6O2/c1-16-13-17(6-7-19(16)30-2)15-27-10-8-20-25-26-21(28(20)12-11-27)14-24-22(29)18-5-3-4-9-23-18/h3-7,9,13H,8,10-12,14-15H2,1-2H3,(H,24,29). The van der Waals surface area contributed by atoms with E-state index in [2.05, 4.69) is 49.0 Å². The van der Waals surface area contributed by atoms with E-state index in [1.807, 2.05) is 6.07 Å². The third-order valence-corrected chi connectivity index (χ3v) is 5.37. The largest absolute Gasteiger partial charge is 0.496 e. The van der Waals surface area contributed by atoms with Crippen molar-refractivity contribution in [2.75, 3.05) is 20.2 Å². The number of hydrogen-bond donors (Lipinski definition) is 1. The summed E-state index contributed by atoms with van der Waals surface area (Å²) in [5.74, 6) is 2.44. The zero-order valence-electron chi connectivity index (χ0n) is 17.3. The quantitative estimate of drug-likeness (QED) is 0.674. The molecule has 0 unspecified atom stereocenters. The molecule has 0 aliphatic carbocycles. The molecule has 0 fully saturated rings. The predicted molar refractivity (Wildman–Crippen MR) is 112 cm³/mol. The van der Waals surface area contributed by atoms with Gasteiger partial charge < -0.3 is 14.6 Å². The number of carbonyl (C=O) groups excluding carboxylic acids is 1. The van der Waals surface area contributed by atoms with Gasteiger partial charge in [-0.25, -0.2) is 0 Å². The molecule has 0 saturated heterocycles. The van der Waals surface area contributed by atoms with Crippen molar-refractivity contribution in [2.24, 2.45) is 0 Å². The lowest BCUT2D eigenvalue weighted by atomic mass is 10.1. The van der Waals surface area contributed by atoms with Crippen molar-refractivity contribution in [1.29, 1.82) is 0 Å². The smallest absolute Gasteiger partial charge is 0.270 e. The van der Waals surface area contributed by atoms with Crippen molar-refractivity contribution >= 4 is 5.91 Å². The first kappa shape index (κ1) is 20.0. The Hall–Kier alpha value is -3.26. The molecule has 8 heteroatoms. The van der Waals surface area contributed by atoms with Gasteiger partial charge in [0.15, 0.2) is 5.82 Å². The lowest BCUT2D eigenvalue weighted by Crippen LogP contribution is -2.28. The number of carbonyl (C=O) groups is 1. The first-order valence-electron chi connectivity index (χ1n) is 10.1. The van der Waals surface area contributed by atoms with Gasteiger partial charge in [0.1, 0.15) is 17.3 Å². The van der Waals surface area contributed by atoms with Gasteiger partial charge in [0.2, 0.25) is 0 Å². The molecule has 1 N–H and O–H groups in total. The minimum atomic E-state index is -0.210. The molecule has 8 nitrogen and oxygen atoms in total. The number of aryl methyl sites for hydroxylation is 1. The minimum Gasteiger partial charge on any atom is -0.496 e. The maximum atomic E-state index is 12.3. The van der Waals surface area contributed by atoms with Gasteiger partial charge in [0.05, 0.1) is 13.7 Å². The summed E-state index contributed by atoms with van der Waals surface area (Å²) in [7, 11) is 1.70. The molecular formula is C22H26N6O2. The predicted octanol–water partition coefficient (Wildman–Crippen LogP) is 1.98. The fraction of sp³-hybridized carbons (Fsp3) is 0.364. The van der Waals surface area contributed by atoms with Crippen LogP contribution in [0.15, 0.2) is 42.6 Å². The van der Waals surface area contributed by atoms with Crippen LogP contribution in [0.1, 0.15) is 33.3 Å². The zero-order chi connectivity index (χ0) is 20.9. The second-order valence-corrected chi connectivity index (χ2v) is 7.41. The number of amides is 1. The summed E-state index contributed by atoms with van der Waals surface area (Å²) < 4.78 is 7.48. The van der Waals surface area contributed by atoms with Crippen LogP contribution < -0.4 is 10.1 Å². The number of ether oxygens (including phenoxy) is 1. The van der Waals surface area contributed by atoms with Crippen LogP contribution in [0.3, 0.4) is 0 Å². The third-order valence-electron chi connectivity index (χ3n) is 5.37. The maximum Gasteiger partial charge on any atom is 0.270 e. The Kier molecular flexibility index (Phi) is 6.04. The Balaban J connectivity index is 1.37. The second-order valence-electron chi connectivity index (χ2n) is 7.41. The summed E-state index contributed by atoms with van der Waals surface area (Å²) in [5.41, 5.74) is 2.82. The summed E-state index contributed by atoms with van der Waals surface area (Å²) in [6.45, 7) is 5.90. The van der Waals surface area contributed by atoms with Crippen LogP contribution in [-0.4, -0.2) is 50.8 Å². The van der Waals surface area contributed by atoms with E-state index in [0.717, 1.165) is 55.6 Å². The van der Waals surface area contributed by atoms with Gasteiger partial charge in [-0.1, -0.05) is 18.2 Å². The Morgan fingerprint density at radius 2 is 2.07 bits per heavy atom. The molecule has 3 heterocycles. The molecule has 1 amide bonds. The van der Waals surface area contributed by atoms with E-state index in [9.17, 15) is 4.79 Å². The number of rotatable bonds is 6. The monoisotopic (exact) mass is 406 g/mol. The lowest BCUT2D eigenvalue weighted by Gasteiger charge is -2.20. The van der Waals surface area contributed by atoms with E-state index < -0.39 is 0 Å². The summed E-state index contributed by atoms with van der Waals surface area (Å²) in [6, 6.07) is 11.6. The summed E-state index contributed by atoms with van der Waals surface area (Å²) in [4.78, 5) is 18.8. The maximum absolute atomic E-state index is 12.3. The first-order valence-corrected chi connectivity index (χ1v) is 10.1. The van der Waals surface area contributed by atoms with Gasteiger partial charge in [0.25, 0.3) is 5.91 Å². The van der Waals surface area contributed by atoms with E-state index in [4.69, 9.17) is 4.74 Å². The molecular weight excluding hydrogens is 380 g/mol. The zero-order valence-corrected chi connectivity index (χ0v) is 17.3. The van der Waals surface area contributed by atoms with E-state index >= 15 is 0 Å². The molecule has 1 aliphatic heterocycles. The van der Waals surface area contributed by atoms with Crippen LogP contribution in [0.25, 0.3) is 0 Å². The normalized spacial score (nSPS) is 14.1. The molecule has 1 aliphatic rings. The molecule has 30 heavy (non-hydrogen) atoms. The van der Waals surface area contributed by atoms with E-state index in [0.29, 0.717) is 12.2 Å². The topological polar surface area (TPSA) is 85.2 Å². The fourth-order valence-electron chi connectivity index (χ4n) is 3.76.